The normalized spacial score (nSPS) is 12.4. The van der Waals surface area contributed by atoms with Crippen LogP contribution in [0.4, 0.5) is 0 Å². The van der Waals surface area contributed by atoms with E-state index in [4.69, 9.17) is 11.6 Å². The Bertz CT molecular complexity index is 764. The van der Waals surface area contributed by atoms with E-state index in [1.165, 1.54) is 16.7 Å². The second kappa shape index (κ2) is 8.49. The first-order chi connectivity index (χ1) is 11.8. The number of rotatable bonds is 6. The smallest absolute Gasteiger partial charge is 0.0512 e. The molecule has 0 aliphatic rings. The van der Waals surface area contributed by atoms with Gasteiger partial charge in [-0.15, -0.1) is 0 Å². The van der Waals surface area contributed by atoms with Gasteiger partial charge in [0, 0.05) is 11.6 Å². The van der Waals surface area contributed by atoms with Crippen molar-refractivity contribution in [3.05, 3.63) is 113 Å². The van der Waals surface area contributed by atoms with E-state index in [1.54, 1.807) is 0 Å². The number of halogens is 1. The highest BCUT2D eigenvalue weighted by molar-refractivity contribution is 6.30. The van der Waals surface area contributed by atoms with E-state index >= 15 is 0 Å². The fourth-order valence-electron chi connectivity index (χ4n) is 2.56. The highest BCUT2D eigenvalue weighted by Gasteiger charge is 2.07. The van der Waals surface area contributed by atoms with Gasteiger partial charge < -0.3 is 5.32 Å². The Labute approximate surface area is 148 Å². The Hall–Kier alpha value is -2.35. The zero-order chi connectivity index (χ0) is 16.6. The zero-order valence-corrected chi connectivity index (χ0v) is 14.2. The molecule has 1 nitrogen and oxygen atoms in total. The standard InChI is InChI=1S/C22H20ClN/c23-21-14-11-19(12-15-21)17-24-22(20-9-5-2-6-10-20)16-13-18-7-3-1-4-8-18/h1-16,22,24H,17H2/b16-13+. The van der Waals surface area contributed by atoms with Gasteiger partial charge in [-0.3, -0.25) is 0 Å². The van der Waals surface area contributed by atoms with Crippen LogP contribution >= 0.6 is 11.6 Å². The summed E-state index contributed by atoms with van der Waals surface area (Å²) < 4.78 is 0. The van der Waals surface area contributed by atoms with Gasteiger partial charge in [-0.2, -0.15) is 0 Å². The van der Waals surface area contributed by atoms with Gasteiger partial charge in [0.15, 0.2) is 0 Å². The predicted octanol–water partition coefficient (Wildman–Crippen LogP) is 5.88. The lowest BCUT2D eigenvalue weighted by atomic mass is 10.0. The van der Waals surface area contributed by atoms with Crippen molar-refractivity contribution in [2.45, 2.75) is 12.6 Å². The largest absolute Gasteiger partial charge is 0.303 e. The Kier molecular flexibility index (Phi) is 5.84. The molecule has 3 aromatic rings. The van der Waals surface area contributed by atoms with Gasteiger partial charge in [0.2, 0.25) is 0 Å². The number of hydrogen-bond acceptors (Lipinski definition) is 1. The van der Waals surface area contributed by atoms with Gasteiger partial charge in [0.05, 0.1) is 6.04 Å². The summed E-state index contributed by atoms with van der Waals surface area (Å²) in [5, 5.41) is 4.38. The van der Waals surface area contributed by atoms with E-state index in [9.17, 15) is 0 Å². The SMILES string of the molecule is Clc1ccc(CNC(/C=C/c2ccccc2)c2ccccc2)cc1. The van der Waals surface area contributed by atoms with Gasteiger partial charge in [-0.05, 0) is 28.8 Å². The van der Waals surface area contributed by atoms with Gasteiger partial charge in [0.1, 0.15) is 0 Å². The minimum Gasteiger partial charge on any atom is -0.303 e. The number of hydrogen-bond donors (Lipinski definition) is 1. The second-order valence-corrected chi connectivity index (χ2v) is 6.10. The molecule has 120 valence electrons. The van der Waals surface area contributed by atoms with Crippen LogP contribution < -0.4 is 5.32 Å². The van der Waals surface area contributed by atoms with E-state index in [0.29, 0.717) is 0 Å². The molecule has 0 bridgehead atoms. The first-order valence-electron chi connectivity index (χ1n) is 8.07. The van der Waals surface area contributed by atoms with E-state index in [2.05, 4.69) is 78.1 Å². The molecule has 0 aromatic heterocycles. The molecule has 0 saturated heterocycles. The molecular formula is C22H20ClN. The summed E-state index contributed by atoms with van der Waals surface area (Å²) in [6.07, 6.45) is 4.37. The average Bonchev–Trinajstić information content (AvgIpc) is 2.65. The highest BCUT2D eigenvalue weighted by atomic mass is 35.5. The minimum atomic E-state index is 0.155. The molecule has 3 rings (SSSR count). The molecule has 0 fully saturated rings. The molecule has 0 amide bonds. The van der Waals surface area contributed by atoms with Crippen LogP contribution in [0.1, 0.15) is 22.7 Å². The van der Waals surface area contributed by atoms with Crippen LogP contribution in [0, 0.1) is 0 Å². The van der Waals surface area contributed by atoms with Crippen molar-refractivity contribution in [3.63, 3.8) is 0 Å². The molecule has 1 N–H and O–H groups in total. The fourth-order valence-corrected chi connectivity index (χ4v) is 2.68. The Balaban J connectivity index is 1.75. The molecule has 0 saturated carbocycles. The number of benzene rings is 3. The van der Waals surface area contributed by atoms with Gasteiger partial charge in [-0.25, -0.2) is 0 Å². The third-order valence-electron chi connectivity index (χ3n) is 3.88. The molecule has 3 aromatic carbocycles. The molecule has 24 heavy (non-hydrogen) atoms. The van der Waals surface area contributed by atoms with Crippen LogP contribution in [0.3, 0.4) is 0 Å². The number of nitrogens with one attached hydrogen (secondary N) is 1. The third-order valence-corrected chi connectivity index (χ3v) is 4.13. The monoisotopic (exact) mass is 333 g/mol. The Morgan fingerprint density at radius 2 is 1.42 bits per heavy atom. The lowest BCUT2D eigenvalue weighted by Crippen LogP contribution is -2.19. The van der Waals surface area contributed by atoms with Crippen molar-refractivity contribution < 1.29 is 0 Å². The predicted molar refractivity (Wildman–Crippen MR) is 103 cm³/mol. The van der Waals surface area contributed by atoms with Crippen molar-refractivity contribution in [2.75, 3.05) is 0 Å². The van der Waals surface area contributed by atoms with Crippen LogP contribution in [-0.4, -0.2) is 0 Å². The molecule has 0 aliphatic carbocycles. The van der Waals surface area contributed by atoms with E-state index in [1.807, 2.05) is 24.3 Å². The first-order valence-corrected chi connectivity index (χ1v) is 8.45. The molecule has 1 unspecified atom stereocenters. The minimum absolute atomic E-state index is 0.155. The molecule has 0 aliphatic heterocycles. The fraction of sp³-hybridized carbons (Fsp3) is 0.0909. The molecule has 0 spiro atoms. The maximum Gasteiger partial charge on any atom is 0.0512 e. The van der Waals surface area contributed by atoms with Crippen molar-refractivity contribution in [3.8, 4) is 0 Å². The van der Waals surface area contributed by atoms with Gasteiger partial charge in [0.25, 0.3) is 0 Å². The summed E-state index contributed by atoms with van der Waals surface area (Å²) in [5.41, 5.74) is 3.67. The Morgan fingerprint density at radius 1 is 0.792 bits per heavy atom. The summed E-state index contributed by atoms with van der Waals surface area (Å²) in [6, 6.07) is 29.0. The van der Waals surface area contributed by atoms with Crippen molar-refractivity contribution in [1.29, 1.82) is 0 Å². The lowest BCUT2D eigenvalue weighted by Gasteiger charge is -2.16. The van der Waals surface area contributed by atoms with Gasteiger partial charge >= 0.3 is 0 Å². The van der Waals surface area contributed by atoms with E-state index < -0.39 is 0 Å². The van der Waals surface area contributed by atoms with Crippen molar-refractivity contribution in [1.82, 2.24) is 5.32 Å². The highest BCUT2D eigenvalue weighted by Crippen LogP contribution is 2.17. The Morgan fingerprint density at radius 3 is 2.08 bits per heavy atom. The van der Waals surface area contributed by atoms with Gasteiger partial charge in [-0.1, -0.05) is 96.5 Å². The van der Waals surface area contributed by atoms with E-state index in [0.717, 1.165) is 11.6 Å². The second-order valence-electron chi connectivity index (χ2n) is 5.67. The van der Waals surface area contributed by atoms with Crippen molar-refractivity contribution in [2.24, 2.45) is 0 Å². The van der Waals surface area contributed by atoms with Crippen LogP contribution in [0.15, 0.2) is 91.0 Å². The molecule has 1 atom stereocenters. The first kappa shape index (κ1) is 16.5. The maximum absolute atomic E-state index is 5.96. The molecule has 0 heterocycles. The summed E-state index contributed by atoms with van der Waals surface area (Å²) >= 11 is 5.96. The van der Waals surface area contributed by atoms with Crippen LogP contribution in [-0.2, 0) is 6.54 Å². The summed E-state index contributed by atoms with van der Waals surface area (Å²) in [7, 11) is 0. The van der Waals surface area contributed by atoms with Crippen LogP contribution in [0.5, 0.6) is 0 Å². The molecule has 0 radical (unpaired) electrons. The van der Waals surface area contributed by atoms with E-state index in [-0.39, 0.29) is 6.04 Å². The average molecular weight is 334 g/mol. The van der Waals surface area contributed by atoms with Crippen LogP contribution in [0.25, 0.3) is 6.08 Å². The third kappa shape index (κ3) is 4.82. The summed E-state index contributed by atoms with van der Waals surface area (Å²) in [5.74, 6) is 0. The molecule has 2 heteroatoms. The maximum atomic E-state index is 5.96. The zero-order valence-electron chi connectivity index (χ0n) is 13.4. The summed E-state index contributed by atoms with van der Waals surface area (Å²) in [6.45, 7) is 0.788. The lowest BCUT2D eigenvalue weighted by molar-refractivity contribution is 0.623. The quantitative estimate of drug-likeness (QED) is 0.593. The summed E-state index contributed by atoms with van der Waals surface area (Å²) in [4.78, 5) is 0. The van der Waals surface area contributed by atoms with Crippen LogP contribution in [0.2, 0.25) is 5.02 Å². The topological polar surface area (TPSA) is 12.0 Å². The van der Waals surface area contributed by atoms with Crippen molar-refractivity contribution >= 4 is 17.7 Å². The molecular weight excluding hydrogens is 314 g/mol.